The molecule has 0 fully saturated rings. The standard InChI is InChI=1S/C7H8O3.Ca.Zn.2H/c1-4-6(8)10-7(9)5(2)3;;;;/h4H,1-2H2,3H3;;;;. The zero-order valence-corrected chi connectivity index (χ0v) is 9.39. The van der Waals surface area contributed by atoms with Crippen molar-refractivity contribution < 1.29 is 33.8 Å². The molecule has 5 heteroatoms. The van der Waals surface area contributed by atoms with Gasteiger partial charge in [0.15, 0.2) is 0 Å². The molecule has 0 aromatic carbocycles. The van der Waals surface area contributed by atoms with E-state index in [0.29, 0.717) is 0 Å². The monoisotopic (exact) mass is 246 g/mol. The zero-order valence-electron chi connectivity index (χ0n) is 6.42. The molecule has 0 unspecified atom stereocenters. The molecule has 60 valence electrons. The summed E-state index contributed by atoms with van der Waals surface area (Å²) in [5, 5.41) is 0. The smallest absolute Gasteiger partial charge is 0 e. The Balaban J connectivity index is -0.000000405. The van der Waals surface area contributed by atoms with Gasteiger partial charge in [0.2, 0.25) is 0 Å². The summed E-state index contributed by atoms with van der Waals surface area (Å²) in [4.78, 5) is 20.8. The summed E-state index contributed by atoms with van der Waals surface area (Å²) in [6.45, 7) is 7.85. The molecule has 0 N–H and O–H groups in total. The summed E-state index contributed by atoms with van der Waals surface area (Å²) in [5.74, 6) is -1.47. The van der Waals surface area contributed by atoms with Crippen molar-refractivity contribution in [3.05, 3.63) is 24.8 Å². The minimum absolute atomic E-state index is 0. The molecule has 0 amide bonds. The molecule has 0 aromatic rings. The third-order valence-electron chi connectivity index (χ3n) is 0.708. The Hall–Kier alpha value is 0.503. The second-order valence-corrected chi connectivity index (χ2v) is 1.69. The minimum Gasteiger partial charge on any atom is 0 e. The Bertz CT molecular complexity index is 201. The number of rotatable bonds is 2. The molecular formula is C7H10CaO3Zn. The van der Waals surface area contributed by atoms with Crippen molar-refractivity contribution in [2.45, 2.75) is 6.92 Å². The van der Waals surface area contributed by atoms with Crippen LogP contribution in [-0.4, -0.2) is 49.7 Å². The first kappa shape index (κ1) is 18.3. The number of hydrogen-bond donors (Lipinski definition) is 0. The molecule has 0 spiro atoms. The normalized spacial score (nSPS) is 6.75. The molecule has 3 nitrogen and oxygen atoms in total. The van der Waals surface area contributed by atoms with Crippen LogP contribution in [0.4, 0.5) is 0 Å². The largest absolute Gasteiger partial charge is 0 e. The molecule has 0 bridgehead atoms. The van der Waals surface area contributed by atoms with Crippen LogP contribution in [0.1, 0.15) is 6.92 Å². The number of hydrogen-bond acceptors (Lipinski definition) is 3. The summed E-state index contributed by atoms with van der Waals surface area (Å²) < 4.78 is 4.17. The van der Waals surface area contributed by atoms with E-state index in [1.807, 2.05) is 0 Å². The first-order valence-corrected chi connectivity index (χ1v) is 2.62. The van der Waals surface area contributed by atoms with Crippen molar-refractivity contribution >= 4 is 49.7 Å². The SMILES string of the molecule is C=CC(=O)OC(=O)C(=C)C.[CaH2].[Zn]. The first-order chi connectivity index (χ1) is 4.57. The van der Waals surface area contributed by atoms with Crippen LogP contribution < -0.4 is 0 Å². The third kappa shape index (κ3) is 8.60. The molecule has 0 aliphatic rings. The number of carbonyl (C=O) groups is 2. The van der Waals surface area contributed by atoms with Gasteiger partial charge in [-0.25, -0.2) is 9.59 Å². The number of ether oxygens (including phenoxy) is 1. The summed E-state index contributed by atoms with van der Waals surface area (Å²) >= 11 is 0. The van der Waals surface area contributed by atoms with Crippen molar-refractivity contribution in [1.82, 2.24) is 0 Å². The van der Waals surface area contributed by atoms with Crippen LogP contribution in [0, 0.1) is 0 Å². The second kappa shape index (κ2) is 9.59. The van der Waals surface area contributed by atoms with E-state index < -0.39 is 11.9 Å². The van der Waals surface area contributed by atoms with E-state index in [1.165, 1.54) is 6.92 Å². The first-order valence-electron chi connectivity index (χ1n) is 2.62. The van der Waals surface area contributed by atoms with Gasteiger partial charge in [0.05, 0.1) is 0 Å². The quantitative estimate of drug-likeness (QED) is 0.296. The Morgan fingerprint density at radius 2 is 1.83 bits per heavy atom. The average Bonchev–Trinajstić information content (AvgIpc) is 1.87. The van der Waals surface area contributed by atoms with Crippen molar-refractivity contribution in [2.75, 3.05) is 0 Å². The topological polar surface area (TPSA) is 43.4 Å². The molecule has 0 heterocycles. The Morgan fingerprint density at radius 1 is 1.42 bits per heavy atom. The van der Waals surface area contributed by atoms with Crippen molar-refractivity contribution in [1.29, 1.82) is 0 Å². The van der Waals surface area contributed by atoms with Gasteiger partial charge in [-0.1, -0.05) is 13.2 Å². The summed E-state index contributed by atoms with van der Waals surface area (Å²) in [5.41, 5.74) is 0.190. The predicted octanol–water partition coefficient (Wildman–Crippen LogP) is -0.100. The van der Waals surface area contributed by atoms with Gasteiger partial charge in [-0.05, 0) is 6.92 Å². The molecule has 0 radical (unpaired) electrons. The molecule has 0 atom stereocenters. The molecule has 0 aliphatic heterocycles. The van der Waals surface area contributed by atoms with Crippen LogP contribution in [0.25, 0.3) is 0 Å². The Kier molecular flexibility index (Phi) is 14.6. The minimum atomic E-state index is -0.756. The molecule has 0 aromatic heterocycles. The van der Waals surface area contributed by atoms with E-state index in [0.717, 1.165) is 6.08 Å². The van der Waals surface area contributed by atoms with Crippen LogP contribution in [-0.2, 0) is 33.8 Å². The number of carbonyl (C=O) groups excluding carboxylic acids is 2. The van der Waals surface area contributed by atoms with Gasteiger partial charge < -0.3 is 4.74 Å². The summed E-state index contributed by atoms with van der Waals surface area (Å²) in [7, 11) is 0. The maximum atomic E-state index is 10.5. The maximum absolute atomic E-state index is 10.5. The third-order valence-corrected chi connectivity index (χ3v) is 0.708. The summed E-state index contributed by atoms with van der Waals surface area (Å²) in [6, 6.07) is 0. The van der Waals surface area contributed by atoms with E-state index in [9.17, 15) is 9.59 Å². The maximum Gasteiger partial charge on any atom is 0 e. The Morgan fingerprint density at radius 3 is 2.08 bits per heavy atom. The van der Waals surface area contributed by atoms with Crippen LogP contribution in [0.15, 0.2) is 24.8 Å². The van der Waals surface area contributed by atoms with E-state index in [2.05, 4.69) is 17.9 Å². The van der Waals surface area contributed by atoms with Gasteiger partial charge in [-0.2, -0.15) is 0 Å². The fourth-order valence-corrected chi connectivity index (χ4v) is 0.220. The van der Waals surface area contributed by atoms with Gasteiger partial charge in [0, 0.05) is 31.1 Å². The second-order valence-electron chi connectivity index (χ2n) is 1.69. The van der Waals surface area contributed by atoms with E-state index in [-0.39, 0.29) is 62.8 Å². The Labute approximate surface area is 114 Å². The van der Waals surface area contributed by atoms with Gasteiger partial charge in [-0.15, -0.1) is 0 Å². The average molecular weight is 248 g/mol. The van der Waals surface area contributed by atoms with Crippen LogP contribution >= 0.6 is 0 Å². The molecule has 12 heavy (non-hydrogen) atoms. The van der Waals surface area contributed by atoms with E-state index in [4.69, 9.17) is 0 Å². The van der Waals surface area contributed by atoms with Crippen molar-refractivity contribution in [2.24, 2.45) is 0 Å². The van der Waals surface area contributed by atoms with Crippen LogP contribution in [0.3, 0.4) is 0 Å². The molecule has 0 aliphatic carbocycles. The fraction of sp³-hybridized carbons (Fsp3) is 0.143. The molecule has 0 saturated heterocycles. The molecule has 0 rings (SSSR count). The number of esters is 2. The van der Waals surface area contributed by atoms with E-state index >= 15 is 0 Å². The van der Waals surface area contributed by atoms with Gasteiger partial charge >= 0.3 is 49.7 Å². The van der Waals surface area contributed by atoms with Gasteiger partial charge in [-0.3, -0.25) is 0 Å². The van der Waals surface area contributed by atoms with Crippen LogP contribution in [0.5, 0.6) is 0 Å². The van der Waals surface area contributed by atoms with Crippen LogP contribution in [0.2, 0.25) is 0 Å². The van der Waals surface area contributed by atoms with E-state index in [1.54, 1.807) is 0 Å². The molecule has 0 saturated carbocycles. The zero-order chi connectivity index (χ0) is 8.15. The van der Waals surface area contributed by atoms with Gasteiger partial charge in [0.25, 0.3) is 0 Å². The van der Waals surface area contributed by atoms with Crippen molar-refractivity contribution in [3.63, 3.8) is 0 Å². The van der Waals surface area contributed by atoms with Gasteiger partial charge in [0.1, 0.15) is 0 Å². The van der Waals surface area contributed by atoms with Crippen molar-refractivity contribution in [3.8, 4) is 0 Å². The predicted molar refractivity (Wildman–Crippen MR) is 44.7 cm³/mol. The fourth-order valence-electron chi connectivity index (χ4n) is 0.220. The molecular weight excluding hydrogens is 238 g/mol. The summed E-state index contributed by atoms with van der Waals surface area (Å²) in [6.07, 6.45) is 0.918.